The minimum Gasteiger partial charge on any atom is -0.381 e. The van der Waals surface area contributed by atoms with Gasteiger partial charge in [-0.05, 0) is 55.7 Å². The Morgan fingerprint density at radius 1 is 1.42 bits per heavy atom. The highest BCUT2D eigenvalue weighted by Gasteiger charge is 2.15. The lowest BCUT2D eigenvalue weighted by Crippen LogP contribution is -2.40. The van der Waals surface area contributed by atoms with Gasteiger partial charge in [-0.1, -0.05) is 0 Å². The Hall–Kier alpha value is -0.890. The zero-order valence-corrected chi connectivity index (χ0v) is 17.5. The van der Waals surface area contributed by atoms with E-state index in [0.717, 1.165) is 44.6 Å². The highest BCUT2D eigenvalue weighted by Crippen LogP contribution is 2.18. The van der Waals surface area contributed by atoms with Gasteiger partial charge in [0.2, 0.25) is 0 Å². The number of hydrogen-bond acceptors (Lipinski definition) is 3. The van der Waals surface area contributed by atoms with E-state index in [0.29, 0.717) is 0 Å². The van der Waals surface area contributed by atoms with E-state index in [1.807, 2.05) is 19.4 Å². The van der Waals surface area contributed by atoms with Crippen molar-refractivity contribution in [3.8, 4) is 0 Å². The van der Waals surface area contributed by atoms with Gasteiger partial charge >= 0.3 is 0 Å². The van der Waals surface area contributed by atoms with E-state index in [-0.39, 0.29) is 24.0 Å². The molecule has 5 nitrogen and oxygen atoms in total. The van der Waals surface area contributed by atoms with Gasteiger partial charge in [-0.15, -0.1) is 24.0 Å². The van der Waals surface area contributed by atoms with Crippen molar-refractivity contribution in [2.24, 2.45) is 10.9 Å². The lowest BCUT2D eigenvalue weighted by Gasteiger charge is -2.26. The third-order valence-electron chi connectivity index (χ3n) is 4.60. The van der Waals surface area contributed by atoms with Crippen LogP contribution in [0.15, 0.2) is 23.5 Å². The van der Waals surface area contributed by atoms with Crippen LogP contribution < -0.4 is 5.32 Å². The molecule has 0 aliphatic carbocycles. The average molecular weight is 446 g/mol. The Bertz CT molecular complexity index is 504. The summed E-state index contributed by atoms with van der Waals surface area (Å²) in [5.41, 5.74) is 2.59. The van der Waals surface area contributed by atoms with Crippen LogP contribution in [0.4, 0.5) is 0 Å². The number of nitrogens with one attached hydrogen (secondary N) is 1. The molecule has 1 aromatic heterocycles. The molecule has 0 unspecified atom stereocenters. The first-order valence-corrected chi connectivity index (χ1v) is 8.59. The van der Waals surface area contributed by atoms with Crippen LogP contribution in [-0.2, 0) is 11.2 Å². The number of rotatable bonds is 6. The number of aryl methyl sites for hydroxylation is 1. The first-order valence-electron chi connectivity index (χ1n) is 8.59. The Morgan fingerprint density at radius 3 is 2.83 bits per heavy atom. The molecule has 1 saturated heterocycles. The maximum atomic E-state index is 5.43. The van der Waals surface area contributed by atoms with Crippen LogP contribution in [0.2, 0.25) is 0 Å². The van der Waals surface area contributed by atoms with E-state index in [4.69, 9.17) is 4.74 Å². The Kier molecular flexibility index (Phi) is 10.2. The summed E-state index contributed by atoms with van der Waals surface area (Å²) in [6, 6.07) is 2.09. The van der Waals surface area contributed by atoms with Crippen LogP contribution in [-0.4, -0.2) is 56.2 Å². The number of hydrogen-bond donors (Lipinski definition) is 1. The SMILES string of the molecule is CN=C(NCCc1ccncc1C)N(C)CCC1CCOCC1.I. The van der Waals surface area contributed by atoms with E-state index >= 15 is 0 Å². The van der Waals surface area contributed by atoms with Crippen molar-refractivity contribution in [2.45, 2.75) is 32.6 Å². The molecule has 1 aliphatic heterocycles. The molecule has 6 heteroatoms. The lowest BCUT2D eigenvalue weighted by atomic mass is 9.96. The molecule has 1 N–H and O–H groups in total. The van der Waals surface area contributed by atoms with Crippen LogP contribution in [0.5, 0.6) is 0 Å². The number of aliphatic imine (C=N–C) groups is 1. The third-order valence-corrected chi connectivity index (χ3v) is 4.60. The van der Waals surface area contributed by atoms with Gasteiger partial charge in [-0.3, -0.25) is 9.98 Å². The normalized spacial score (nSPS) is 15.7. The Balaban J connectivity index is 0.00000288. The number of guanidine groups is 1. The molecule has 1 aliphatic rings. The van der Waals surface area contributed by atoms with Crippen molar-refractivity contribution in [2.75, 3.05) is 40.4 Å². The molecule has 0 bridgehead atoms. The standard InChI is InChI=1S/C18H30N4O.HI/c1-15-14-20-9-4-17(15)5-10-21-18(19-2)22(3)11-6-16-7-12-23-13-8-16;/h4,9,14,16H,5-8,10-13H2,1-3H3,(H,19,21);1H. The summed E-state index contributed by atoms with van der Waals surface area (Å²) < 4.78 is 5.43. The number of halogens is 1. The number of aromatic nitrogens is 1. The second kappa shape index (κ2) is 11.6. The van der Waals surface area contributed by atoms with Crippen molar-refractivity contribution in [3.05, 3.63) is 29.6 Å². The van der Waals surface area contributed by atoms with Gasteiger partial charge in [-0.2, -0.15) is 0 Å². The van der Waals surface area contributed by atoms with Crippen molar-refractivity contribution in [3.63, 3.8) is 0 Å². The molecule has 0 aromatic carbocycles. The number of ether oxygens (including phenoxy) is 1. The zero-order chi connectivity index (χ0) is 16.5. The molecule has 1 fully saturated rings. The molecule has 24 heavy (non-hydrogen) atoms. The van der Waals surface area contributed by atoms with Crippen LogP contribution in [0.25, 0.3) is 0 Å². The minimum atomic E-state index is 0. The summed E-state index contributed by atoms with van der Waals surface area (Å²) in [4.78, 5) is 10.8. The quantitative estimate of drug-likeness (QED) is 0.415. The molecule has 0 spiro atoms. The molecule has 0 saturated carbocycles. The fourth-order valence-corrected chi connectivity index (χ4v) is 2.99. The van der Waals surface area contributed by atoms with Gasteiger partial charge in [0.25, 0.3) is 0 Å². The molecule has 2 heterocycles. The second-order valence-electron chi connectivity index (χ2n) is 6.29. The Labute approximate surface area is 163 Å². The highest BCUT2D eigenvalue weighted by atomic mass is 127. The molecule has 0 atom stereocenters. The van der Waals surface area contributed by atoms with E-state index < -0.39 is 0 Å². The first kappa shape index (κ1) is 21.2. The van der Waals surface area contributed by atoms with Crippen molar-refractivity contribution in [1.82, 2.24) is 15.2 Å². The molecule has 0 radical (unpaired) electrons. The van der Waals surface area contributed by atoms with Gasteiger partial charge in [0.05, 0.1) is 0 Å². The summed E-state index contributed by atoms with van der Waals surface area (Å²) in [5.74, 6) is 1.77. The summed E-state index contributed by atoms with van der Waals surface area (Å²) in [7, 11) is 3.97. The monoisotopic (exact) mass is 446 g/mol. The van der Waals surface area contributed by atoms with Gasteiger partial charge in [0, 0.05) is 52.8 Å². The zero-order valence-electron chi connectivity index (χ0n) is 15.1. The van der Waals surface area contributed by atoms with Gasteiger partial charge in [0.1, 0.15) is 0 Å². The molecule has 2 rings (SSSR count). The van der Waals surface area contributed by atoms with Crippen molar-refractivity contribution < 1.29 is 4.74 Å². The highest BCUT2D eigenvalue weighted by molar-refractivity contribution is 14.0. The van der Waals surface area contributed by atoms with Gasteiger partial charge in [0.15, 0.2) is 5.96 Å². The fourth-order valence-electron chi connectivity index (χ4n) is 2.99. The number of nitrogens with zero attached hydrogens (tertiary/aromatic N) is 3. The van der Waals surface area contributed by atoms with E-state index in [1.54, 1.807) is 0 Å². The van der Waals surface area contributed by atoms with E-state index in [9.17, 15) is 0 Å². The van der Waals surface area contributed by atoms with Crippen LogP contribution >= 0.6 is 24.0 Å². The largest absolute Gasteiger partial charge is 0.381 e. The second-order valence-corrected chi connectivity index (χ2v) is 6.29. The van der Waals surface area contributed by atoms with Crippen molar-refractivity contribution >= 4 is 29.9 Å². The molecular weight excluding hydrogens is 415 g/mol. The smallest absolute Gasteiger partial charge is 0.193 e. The maximum absolute atomic E-state index is 5.43. The number of pyridine rings is 1. The van der Waals surface area contributed by atoms with Crippen LogP contribution in [0.3, 0.4) is 0 Å². The fraction of sp³-hybridized carbons (Fsp3) is 0.667. The topological polar surface area (TPSA) is 49.8 Å². The summed E-state index contributed by atoms with van der Waals surface area (Å²) in [6.07, 6.45) is 8.37. The maximum Gasteiger partial charge on any atom is 0.193 e. The summed E-state index contributed by atoms with van der Waals surface area (Å²) in [5, 5.41) is 3.46. The molecule has 1 aromatic rings. The van der Waals surface area contributed by atoms with E-state index in [2.05, 4.69) is 40.2 Å². The molecular formula is C18H31IN4O. The van der Waals surface area contributed by atoms with E-state index in [1.165, 1.54) is 30.4 Å². The van der Waals surface area contributed by atoms with Crippen LogP contribution in [0, 0.1) is 12.8 Å². The van der Waals surface area contributed by atoms with Crippen molar-refractivity contribution in [1.29, 1.82) is 0 Å². The minimum absolute atomic E-state index is 0. The summed E-state index contributed by atoms with van der Waals surface area (Å²) >= 11 is 0. The Morgan fingerprint density at radius 2 is 2.17 bits per heavy atom. The van der Waals surface area contributed by atoms with Gasteiger partial charge < -0.3 is 15.0 Å². The predicted octanol–water partition coefficient (Wildman–Crippen LogP) is 2.87. The lowest BCUT2D eigenvalue weighted by molar-refractivity contribution is 0.0625. The summed E-state index contributed by atoms with van der Waals surface area (Å²) in [6.45, 7) is 5.88. The predicted molar refractivity (Wildman–Crippen MR) is 110 cm³/mol. The molecule has 136 valence electrons. The van der Waals surface area contributed by atoms with Gasteiger partial charge in [-0.25, -0.2) is 0 Å². The average Bonchev–Trinajstić information content (AvgIpc) is 2.59. The first-order chi connectivity index (χ1) is 11.2. The third kappa shape index (κ3) is 6.93. The molecule has 0 amide bonds. The van der Waals surface area contributed by atoms with Crippen LogP contribution in [0.1, 0.15) is 30.4 Å².